The number of hydrogen-bond acceptors (Lipinski definition) is 3. The smallest absolute Gasteiger partial charge is 0.230 e. The van der Waals surface area contributed by atoms with Crippen molar-refractivity contribution in [3.63, 3.8) is 0 Å². The standard InChI is InChI=1S/C26H21F2NO2/c1-2-3-6-17-30-20-14-10-18(11-15-20)9-12-19-13-16-21(25(28)24(19)27)26-29-22-7-4-5-8-23(22)31-26/h4-5,7-8,10-11,13-16H,2-3,6,17H2,1H3. The molecule has 0 fully saturated rings. The van der Waals surface area contributed by atoms with E-state index < -0.39 is 11.6 Å². The average Bonchev–Trinajstić information content (AvgIpc) is 3.22. The summed E-state index contributed by atoms with van der Waals surface area (Å²) >= 11 is 0. The fourth-order valence-corrected chi connectivity index (χ4v) is 3.11. The number of oxazole rings is 1. The normalized spacial score (nSPS) is 10.7. The summed E-state index contributed by atoms with van der Waals surface area (Å²) in [5.41, 5.74) is 1.71. The van der Waals surface area contributed by atoms with Gasteiger partial charge in [0.05, 0.1) is 17.7 Å². The van der Waals surface area contributed by atoms with Gasteiger partial charge < -0.3 is 9.15 Å². The molecule has 0 aliphatic carbocycles. The lowest BCUT2D eigenvalue weighted by Gasteiger charge is -2.05. The number of unbranched alkanes of at least 4 members (excludes halogenated alkanes) is 2. The summed E-state index contributed by atoms with van der Waals surface area (Å²) in [4.78, 5) is 4.23. The lowest BCUT2D eigenvalue weighted by molar-refractivity contribution is 0.306. The van der Waals surface area contributed by atoms with Gasteiger partial charge in [-0.2, -0.15) is 0 Å². The monoisotopic (exact) mass is 417 g/mol. The van der Waals surface area contributed by atoms with Gasteiger partial charge in [-0.3, -0.25) is 0 Å². The first kappa shape index (κ1) is 20.6. The van der Waals surface area contributed by atoms with Gasteiger partial charge in [-0.25, -0.2) is 13.8 Å². The molecule has 1 aromatic heterocycles. The maximum Gasteiger partial charge on any atom is 0.230 e. The molecule has 1 heterocycles. The van der Waals surface area contributed by atoms with E-state index in [1.54, 1.807) is 36.4 Å². The molecule has 0 atom stereocenters. The van der Waals surface area contributed by atoms with Crippen LogP contribution in [-0.4, -0.2) is 11.6 Å². The molecule has 0 aliphatic rings. The molecule has 0 amide bonds. The topological polar surface area (TPSA) is 35.3 Å². The molecule has 4 rings (SSSR count). The molecule has 31 heavy (non-hydrogen) atoms. The molecule has 0 unspecified atom stereocenters. The Morgan fingerprint density at radius 3 is 2.48 bits per heavy atom. The summed E-state index contributed by atoms with van der Waals surface area (Å²) in [5, 5.41) is 0. The van der Waals surface area contributed by atoms with E-state index in [0.29, 0.717) is 23.3 Å². The minimum Gasteiger partial charge on any atom is -0.494 e. The number of fused-ring (bicyclic) bond motifs is 1. The summed E-state index contributed by atoms with van der Waals surface area (Å²) in [6, 6.07) is 17.2. The number of rotatable bonds is 6. The molecule has 0 aliphatic heterocycles. The second-order valence-electron chi connectivity index (χ2n) is 7.11. The maximum absolute atomic E-state index is 14.7. The van der Waals surface area contributed by atoms with E-state index in [-0.39, 0.29) is 17.0 Å². The van der Waals surface area contributed by atoms with Gasteiger partial charge in [0.1, 0.15) is 11.3 Å². The third-order valence-corrected chi connectivity index (χ3v) is 4.82. The van der Waals surface area contributed by atoms with E-state index in [1.165, 1.54) is 12.1 Å². The van der Waals surface area contributed by atoms with Crippen LogP contribution in [0.3, 0.4) is 0 Å². The minimum atomic E-state index is -1.03. The molecule has 156 valence electrons. The van der Waals surface area contributed by atoms with Crippen LogP contribution in [0.4, 0.5) is 8.78 Å². The van der Waals surface area contributed by atoms with Crippen molar-refractivity contribution in [3.8, 4) is 29.0 Å². The van der Waals surface area contributed by atoms with Crippen molar-refractivity contribution in [1.82, 2.24) is 4.98 Å². The summed E-state index contributed by atoms with van der Waals surface area (Å²) < 4.78 is 40.5. The van der Waals surface area contributed by atoms with Gasteiger partial charge in [-0.15, -0.1) is 0 Å². The van der Waals surface area contributed by atoms with Crippen molar-refractivity contribution in [2.45, 2.75) is 26.2 Å². The molecule has 0 saturated carbocycles. The number of benzene rings is 3. The van der Waals surface area contributed by atoms with Crippen LogP contribution in [0.5, 0.6) is 5.75 Å². The molecular weight excluding hydrogens is 396 g/mol. The van der Waals surface area contributed by atoms with Crippen molar-refractivity contribution in [3.05, 3.63) is 83.4 Å². The number of hydrogen-bond donors (Lipinski definition) is 0. The fraction of sp³-hybridized carbons (Fsp3) is 0.192. The zero-order chi connectivity index (χ0) is 21.6. The minimum absolute atomic E-state index is 0.0303. The second kappa shape index (κ2) is 9.44. The summed E-state index contributed by atoms with van der Waals surface area (Å²) in [5.74, 6) is 4.30. The number of halogens is 2. The highest BCUT2D eigenvalue weighted by Crippen LogP contribution is 2.28. The van der Waals surface area contributed by atoms with E-state index >= 15 is 0 Å². The SMILES string of the molecule is CCCCCOc1ccc(C#Cc2ccc(-c3nc4ccccc4o3)c(F)c2F)cc1. The largest absolute Gasteiger partial charge is 0.494 e. The molecule has 0 saturated heterocycles. The maximum atomic E-state index is 14.7. The van der Waals surface area contributed by atoms with Crippen molar-refractivity contribution < 1.29 is 17.9 Å². The Bertz CT molecular complexity index is 1220. The molecule has 0 spiro atoms. The quantitative estimate of drug-likeness (QED) is 0.257. The second-order valence-corrected chi connectivity index (χ2v) is 7.11. The van der Waals surface area contributed by atoms with Crippen molar-refractivity contribution in [1.29, 1.82) is 0 Å². The number of nitrogens with zero attached hydrogens (tertiary/aromatic N) is 1. The first-order valence-electron chi connectivity index (χ1n) is 10.2. The van der Waals surface area contributed by atoms with E-state index in [0.717, 1.165) is 25.0 Å². The Hall–Kier alpha value is -3.65. The Labute approximate surface area is 179 Å². The highest BCUT2D eigenvalue weighted by Gasteiger charge is 2.18. The van der Waals surface area contributed by atoms with Crippen LogP contribution in [-0.2, 0) is 0 Å². The molecular formula is C26H21F2NO2. The van der Waals surface area contributed by atoms with Crippen molar-refractivity contribution in [2.75, 3.05) is 6.61 Å². The van der Waals surface area contributed by atoms with Crippen molar-refractivity contribution >= 4 is 11.1 Å². The van der Waals surface area contributed by atoms with E-state index in [4.69, 9.17) is 9.15 Å². The zero-order valence-corrected chi connectivity index (χ0v) is 17.1. The average molecular weight is 417 g/mol. The van der Waals surface area contributed by atoms with Crippen LogP contribution in [0.1, 0.15) is 37.3 Å². The number of ether oxygens (including phenoxy) is 1. The van der Waals surface area contributed by atoms with Gasteiger partial charge in [0.25, 0.3) is 0 Å². The van der Waals surface area contributed by atoms with Crippen molar-refractivity contribution in [2.24, 2.45) is 0 Å². The van der Waals surface area contributed by atoms with Crippen LogP contribution in [0.2, 0.25) is 0 Å². The first-order chi connectivity index (χ1) is 15.2. The van der Waals surface area contributed by atoms with Gasteiger partial charge in [-0.1, -0.05) is 43.7 Å². The lowest BCUT2D eigenvalue weighted by atomic mass is 10.1. The lowest BCUT2D eigenvalue weighted by Crippen LogP contribution is -1.96. The molecule has 3 nitrogen and oxygen atoms in total. The van der Waals surface area contributed by atoms with E-state index in [1.807, 2.05) is 12.1 Å². The van der Waals surface area contributed by atoms with E-state index in [9.17, 15) is 8.78 Å². The van der Waals surface area contributed by atoms with Gasteiger partial charge in [0, 0.05) is 5.56 Å². The Morgan fingerprint density at radius 1 is 0.903 bits per heavy atom. The molecule has 5 heteroatoms. The third kappa shape index (κ3) is 4.75. The third-order valence-electron chi connectivity index (χ3n) is 4.82. The Morgan fingerprint density at radius 2 is 1.71 bits per heavy atom. The van der Waals surface area contributed by atoms with Crippen LogP contribution < -0.4 is 4.74 Å². The molecule has 0 N–H and O–H groups in total. The summed E-state index contributed by atoms with van der Waals surface area (Å²) in [7, 11) is 0. The predicted molar refractivity (Wildman–Crippen MR) is 117 cm³/mol. The predicted octanol–water partition coefficient (Wildman–Crippen LogP) is 6.74. The van der Waals surface area contributed by atoms with Crippen LogP contribution in [0.15, 0.2) is 65.1 Å². The highest BCUT2D eigenvalue weighted by molar-refractivity contribution is 5.76. The molecule has 0 radical (unpaired) electrons. The Balaban J connectivity index is 1.51. The first-order valence-corrected chi connectivity index (χ1v) is 10.2. The van der Waals surface area contributed by atoms with Crippen LogP contribution in [0.25, 0.3) is 22.6 Å². The number of para-hydroxylation sites is 2. The van der Waals surface area contributed by atoms with Gasteiger partial charge in [0.15, 0.2) is 17.2 Å². The zero-order valence-electron chi connectivity index (χ0n) is 17.1. The highest BCUT2D eigenvalue weighted by atomic mass is 19.2. The molecule has 0 bridgehead atoms. The fourth-order valence-electron chi connectivity index (χ4n) is 3.11. The number of aromatic nitrogens is 1. The van der Waals surface area contributed by atoms with Crippen LogP contribution in [0, 0.1) is 23.5 Å². The summed E-state index contributed by atoms with van der Waals surface area (Å²) in [6.45, 7) is 2.82. The van der Waals surface area contributed by atoms with E-state index in [2.05, 4.69) is 23.7 Å². The summed E-state index contributed by atoms with van der Waals surface area (Å²) in [6.07, 6.45) is 3.30. The molecule has 3 aromatic carbocycles. The Kier molecular flexibility index (Phi) is 6.28. The van der Waals surface area contributed by atoms with Gasteiger partial charge in [0.2, 0.25) is 5.89 Å². The van der Waals surface area contributed by atoms with Gasteiger partial charge in [-0.05, 0) is 55.0 Å². The van der Waals surface area contributed by atoms with Gasteiger partial charge >= 0.3 is 0 Å². The molecule has 4 aromatic rings. The van der Waals surface area contributed by atoms with Crippen LogP contribution >= 0.6 is 0 Å².